The van der Waals surface area contributed by atoms with Crippen LogP contribution in [0.1, 0.15) is 0 Å². The van der Waals surface area contributed by atoms with Crippen molar-refractivity contribution in [1.29, 1.82) is 0 Å². The molecular weight excluding hydrogens is 1120 g/mol. The van der Waals surface area contributed by atoms with Gasteiger partial charge in [0.15, 0.2) is 40.8 Å². The molecule has 92 heavy (non-hydrogen) atoms. The highest BCUT2D eigenvalue weighted by Gasteiger charge is 2.25. The summed E-state index contributed by atoms with van der Waals surface area (Å²) in [5.74, 6) is 3.99. The molecule has 0 spiro atoms. The minimum absolute atomic E-state index is 0.543. The lowest BCUT2D eigenvalue weighted by Gasteiger charge is -2.20. The number of benzene rings is 12. The summed E-state index contributed by atoms with van der Waals surface area (Å²) in [4.78, 5) is 42.0. The van der Waals surface area contributed by atoms with E-state index in [1.54, 1.807) is 0 Å². The Morgan fingerprint density at radius 3 is 0.891 bits per heavy atom. The first kappa shape index (κ1) is 53.6. The van der Waals surface area contributed by atoms with Gasteiger partial charge in [-0.05, 0) is 66.7 Å². The molecule has 0 aliphatic rings. The Hall–Kier alpha value is -12.7. The lowest BCUT2D eigenvalue weighted by Crippen LogP contribution is -2.03. The summed E-state index contributed by atoms with van der Waals surface area (Å²) < 4.78 is 4.81. The summed E-state index contributed by atoms with van der Waals surface area (Å²) in [5, 5.41) is 4.29. The monoisotopic (exact) mass is 1180 g/mol. The average molecular weight is 1180 g/mol. The molecule has 10 nitrogen and oxygen atoms in total. The van der Waals surface area contributed by atoms with Gasteiger partial charge < -0.3 is 9.13 Å². The number of aromatic nitrogens is 10. The first-order chi connectivity index (χ1) is 45.6. The zero-order chi connectivity index (χ0) is 60.9. The van der Waals surface area contributed by atoms with E-state index in [0.29, 0.717) is 40.8 Å². The van der Waals surface area contributed by atoms with E-state index in [9.17, 15) is 0 Å². The lowest BCUT2D eigenvalue weighted by molar-refractivity contribution is 1.07. The minimum Gasteiger partial charge on any atom is -0.309 e. The van der Waals surface area contributed by atoms with Crippen molar-refractivity contribution in [2.24, 2.45) is 0 Å². The molecule has 5 aromatic heterocycles. The smallest absolute Gasteiger partial charge is 0.164 e. The van der Waals surface area contributed by atoms with E-state index in [4.69, 9.17) is 39.9 Å². The standard InChI is InChI=1S/C82H52N10/c1-7-25-53(26-8-1)68-52-69(54-27-9-2-10-28-54)84-80(83-68)61-43-46-65(64-39-21-24-42-72(64)91-70-40-22-19-37-62(70)63-38-20-23-41-71(63)91)75(51-61)92-73-47-44-59(81-87-76(55-29-11-3-12-30-55)85-77(88-81)56-31-13-4-14-32-56)49-66(73)67-50-60(45-48-74(67)92)82-89-78(57-33-15-5-16-34-57)86-79(90-82)58-35-17-6-18-36-58/h1-52H. The molecule has 0 atom stereocenters. The summed E-state index contributed by atoms with van der Waals surface area (Å²) in [6.45, 7) is 0. The Balaban J connectivity index is 0.955. The predicted octanol–water partition coefficient (Wildman–Crippen LogP) is 19.7. The van der Waals surface area contributed by atoms with Crippen molar-refractivity contribution >= 4 is 43.6 Å². The molecule has 10 heteroatoms. The number of para-hydroxylation sites is 3. The Labute approximate surface area is 529 Å². The van der Waals surface area contributed by atoms with Gasteiger partial charge in [-0.1, -0.05) is 249 Å². The molecule has 0 saturated carbocycles. The molecule has 0 radical (unpaired) electrons. The number of fused-ring (bicyclic) bond motifs is 6. The zero-order valence-electron chi connectivity index (χ0n) is 49.5. The van der Waals surface area contributed by atoms with E-state index < -0.39 is 0 Å². The topological polar surface area (TPSA) is 113 Å². The van der Waals surface area contributed by atoms with Gasteiger partial charge in [0.1, 0.15) is 0 Å². The van der Waals surface area contributed by atoms with Crippen molar-refractivity contribution in [3.63, 3.8) is 0 Å². The maximum atomic E-state index is 5.42. The van der Waals surface area contributed by atoms with Crippen LogP contribution >= 0.6 is 0 Å². The molecule has 0 saturated heterocycles. The van der Waals surface area contributed by atoms with Gasteiger partial charge in [0.2, 0.25) is 0 Å². The van der Waals surface area contributed by atoms with Gasteiger partial charge in [-0.2, -0.15) is 0 Å². The second-order valence-electron chi connectivity index (χ2n) is 22.7. The minimum atomic E-state index is 0.543. The zero-order valence-corrected chi connectivity index (χ0v) is 49.5. The summed E-state index contributed by atoms with van der Waals surface area (Å²) in [6, 6.07) is 109. The van der Waals surface area contributed by atoms with Gasteiger partial charge in [0.05, 0.1) is 44.8 Å². The van der Waals surface area contributed by atoms with Crippen molar-refractivity contribution in [2.45, 2.75) is 0 Å². The van der Waals surface area contributed by atoms with E-state index in [-0.39, 0.29) is 0 Å². The molecule has 0 fully saturated rings. The van der Waals surface area contributed by atoms with Crippen LogP contribution in [-0.4, -0.2) is 49.0 Å². The summed E-state index contributed by atoms with van der Waals surface area (Å²) in [5.41, 5.74) is 17.8. The van der Waals surface area contributed by atoms with Crippen LogP contribution in [0.2, 0.25) is 0 Å². The average Bonchev–Trinajstić information content (AvgIpc) is 1.56. The first-order valence-electron chi connectivity index (χ1n) is 30.7. The first-order valence-corrected chi connectivity index (χ1v) is 30.7. The van der Waals surface area contributed by atoms with Gasteiger partial charge in [-0.15, -0.1) is 0 Å². The van der Waals surface area contributed by atoms with Gasteiger partial charge in [-0.25, -0.2) is 39.9 Å². The van der Waals surface area contributed by atoms with Crippen LogP contribution in [-0.2, 0) is 0 Å². The van der Waals surface area contributed by atoms with Crippen LogP contribution in [0.5, 0.6) is 0 Å². The third-order valence-corrected chi connectivity index (χ3v) is 17.1. The highest BCUT2D eigenvalue weighted by Crippen LogP contribution is 2.44. The highest BCUT2D eigenvalue weighted by molar-refractivity contribution is 6.13. The van der Waals surface area contributed by atoms with Crippen molar-refractivity contribution in [3.05, 3.63) is 315 Å². The lowest BCUT2D eigenvalue weighted by atomic mass is 9.98. The Kier molecular flexibility index (Phi) is 13.3. The molecule has 0 bridgehead atoms. The molecular formula is C82H52N10. The van der Waals surface area contributed by atoms with Crippen molar-refractivity contribution in [3.8, 4) is 125 Å². The van der Waals surface area contributed by atoms with Crippen molar-refractivity contribution in [2.75, 3.05) is 0 Å². The molecule has 0 N–H and O–H groups in total. The maximum absolute atomic E-state index is 5.42. The quantitative estimate of drug-likeness (QED) is 0.119. The van der Waals surface area contributed by atoms with E-state index in [2.05, 4.69) is 191 Å². The van der Waals surface area contributed by atoms with Crippen LogP contribution in [0.25, 0.3) is 168 Å². The van der Waals surface area contributed by atoms with Crippen LogP contribution in [0, 0.1) is 0 Å². The number of hydrogen-bond donors (Lipinski definition) is 0. The predicted molar refractivity (Wildman–Crippen MR) is 372 cm³/mol. The fraction of sp³-hybridized carbons (Fsp3) is 0. The van der Waals surface area contributed by atoms with Gasteiger partial charge in [0.25, 0.3) is 0 Å². The molecule has 0 amide bonds. The third kappa shape index (κ3) is 9.72. The fourth-order valence-electron chi connectivity index (χ4n) is 12.7. The van der Waals surface area contributed by atoms with Crippen LogP contribution < -0.4 is 0 Å². The second kappa shape index (κ2) is 22.8. The summed E-state index contributed by atoms with van der Waals surface area (Å²) >= 11 is 0. The molecule has 12 aromatic carbocycles. The summed E-state index contributed by atoms with van der Waals surface area (Å²) in [7, 11) is 0. The van der Waals surface area contributed by atoms with Gasteiger partial charge >= 0.3 is 0 Å². The Morgan fingerprint density at radius 1 is 0.174 bits per heavy atom. The van der Waals surface area contributed by atoms with Gasteiger partial charge in [0, 0.05) is 82.7 Å². The molecule has 17 rings (SSSR count). The normalized spacial score (nSPS) is 11.5. The van der Waals surface area contributed by atoms with Gasteiger partial charge in [-0.3, -0.25) is 0 Å². The Bertz CT molecular complexity index is 5210. The highest BCUT2D eigenvalue weighted by atomic mass is 15.1. The largest absolute Gasteiger partial charge is 0.309 e. The molecule has 0 aliphatic carbocycles. The fourth-order valence-corrected chi connectivity index (χ4v) is 12.7. The summed E-state index contributed by atoms with van der Waals surface area (Å²) in [6.07, 6.45) is 0. The number of nitrogens with zero attached hydrogens (tertiary/aromatic N) is 10. The number of rotatable bonds is 12. The number of hydrogen-bond acceptors (Lipinski definition) is 8. The van der Waals surface area contributed by atoms with E-state index in [1.165, 1.54) is 10.8 Å². The van der Waals surface area contributed by atoms with Crippen LogP contribution in [0.4, 0.5) is 0 Å². The maximum Gasteiger partial charge on any atom is 0.164 e. The third-order valence-electron chi connectivity index (χ3n) is 17.1. The Morgan fingerprint density at radius 2 is 0.467 bits per heavy atom. The van der Waals surface area contributed by atoms with E-state index >= 15 is 0 Å². The van der Waals surface area contributed by atoms with Crippen LogP contribution in [0.3, 0.4) is 0 Å². The molecule has 17 aromatic rings. The molecule has 0 aliphatic heterocycles. The van der Waals surface area contributed by atoms with Crippen LogP contribution in [0.15, 0.2) is 315 Å². The second-order valence-corrected chi connectivity index (χ2v) is 22.7. The van der Waals surface area contributed by atoms with Crippen molar-refractivity contribution < 1.29 is 0 Å². The molecule has 5 heterocycles. The van der Waals surface area contributed by atoms with E-state index in [1.807, 2.05) is 133 Å². The van der Waals surface area contributed by atoms with Crippen molar-refractivity contribution in [1.82, 2.24) is 49.0 Å². The molecule has 430 valence electrons. The van der Waals surface area contributed by atoms with E-state index in [0.717, 1.165) is 117 Å². The SMILES string of the molecule is c1ccc(-c2cc(-c3ccccc3)nc(-c3ccc(-c4ccccc4-n4c5ccccc5c5ccccc54)c(-n4c5ccc(-c6nc(-c7ccccc7)nc(-c7ccccc7)n6)cc5c5cc(-c6nc(-c7ccccc7)nc(-c7ccccc7)n6)ccc54)c3)n2)cc1. The molecule has 0 unspecified atom stereocenters.